The number of hydrogen-bond acceptors (Lipinski definition) is 4. The highest BCUT2D eigenvalue weighted by Crippen LogP contribution is 2.27. The van der Waals surface area contributed by atoms with Crippen LogP contribution in [0.25, 0.3) is 11.4 Å². The van der Waals surface area contributed by atoms with E-state index in [1.54, 1.807) is 12.4 Å². The standard InChI is InChI=1S/C20H20ClN5O/c21-17-8-2-1-5-14(17)11-18(27)26-10-4-7-16(13-26)20-23-19(24-25-20)15-6-3-9-22-12-15/h1-3,5-6,8-9,12,16H,4,7,10-11,13H2,(H,23,24,25)/t16-/m0/s1. The van der Waals surface area contributed by atoms with Crippen LogP contribution in [0.5, 0.6) is 0 Å². The molecule has 1 aliphatic rings. The lowest BCUT2D eigenvalue weighted by molar-refractivity contribution is -0.131. The molecule has 1 atom stereocenters. The van der Waals surface area contributed by atoms with Crippen molar-refractivity contribution in [2.75, 3.05) is 13.1 Å². The highest BCUT2D eigenvalue weighted by atomic mass is 35.5. The summed E-state index contributed by atoms with van der Waals surface area (Å²) in [6.07, 6.45) is 5.72. The van der Waals surface area contributed by atoms with Gasteiger partial charge in [-0.25, -0.2) is 4.98 Å². The van der Waals surface area contributed by atoms with Gasteiger partial charge in [-0.3, -0.25) is 14.9 Å². The summed E-state index contributed by atoms with van der Waals surface area (Å²) >= 11 is 6.19. The van der Waals surface area contributed by atoms with E-state index in [0.717, 1.165) is 36.3 Å². The fourth-order valence-corrected chi connectivity index (χ4v) is 3.63. The van der Waals surface area contributed by atoms with Gasteiger partial charge >= 0.3 is 0 Å². The fraction of sp³-hybridized carbons (Fsp3) is 0.300. The first-order valence-corrected chi connectivity index (χ1v) is 9.42. The minimum atomic E-state index is 0.0970. The molecule has 27 heavy (non-hydrogen) atoms. The molecule has 1 N–H and O–H groups in total. The number of carbonyl (C=O) groups is 1. The second-order valence-corrected chi connectivity index (χ2v) is 7.14. The Balaban J connectivity index is 1.45. The predicted octanol–water partition coefficient (Wildman–Crippen LogP) is 3.47. The number of rotatable bonds is 4. The number of nitrogens with zero attached hydrogens (tertiary/aromatic N) is 4. The Bertz CT molecular complexity index is 927. The third-order valence-electron chi connectivity index (χ3n) is 4.88. The number of benzene rings is 1. The number of piperidine rings is 1. The highest BCUT2D eigenvalue weighted by Gasteiger charge is 2.27. The Hall–Kier alpha value is -2.73. The largest absolute Gasteiger partial charge is 0.342 e. The molecular weight excluding hydrogens is 362 g/mol. The van der Waals surface area contributed by atoms with E-state index in [0.29, 0.717) is 23.8 Å². The van der Waals surface area contributed by atoms with Crippen molar-refractivity contribution in [3.05, 3.63) is 65.2 Å². The molecule has 2 aromatic heterocycles. The van der Waals surface area contributed by atoms with Gasteiger partial charge < -0.3 is 4.90 Å². The van der Waals surface area contributed by atoms with Crippen molar-refractivity contribution < 1.29 is 4.79 Å². The van der Waals surface area contributed by atoms with Gasteiger partial charge in [-0.05, 0) is 36.6 Å². The normalized spacial score (nSPS) is 17.1. The summed E-state index contributed by atoms with van der Waals surface area (Å²) in [7, 11) is 0. The van der Waals surface area contributed by atoms with Crippen LogP contribution < -0.4 is 0 Å². The highest BCUT2D eigenvalue weighted by molar-refractivity contribution is 6.31. The summed E-state index contributed by atoms with van der Waals surface area (Å²) in [5.41, 5.74) is 1.74. The van der Waals surface area contributed by atoms with E-state index >= 15 is 0 Å². The van der Waals surface area contributed by atoms with Gasteiger partial charge in [0.25, 0.3) is 0 Å². The minimum Gasteiger partial charge on any atom is -0.342 e. The molecule has 0 bridgehead atoms. The number of pyridine rings is 1. The van der Waals surface area contributed by atoms with Gasteiger partial charge in [0.1, 0.15) is 5.82 Å². The number of likely N-dealkylation sites (tertiary alicyclic amines) is 1. The number of amides is 1. The van der Waals surface area contributed by atoms with E-state index in [2.05, 4.69) is 20.2 Å². The SMILES string of the molecule is O=C(Cc1ccccc1Cl)N1CCC[C@H](c2nc(-c3cccnc3)n[nH]2)C1. The van der Waals surface area contributed by atoms with Crippen LogP contribution in [-0.2, 0) is 11.2 Å². The molecule has 0 spiro atoms. The molecule has 0 radical (unpaired) electrons. The van der Waals surface area contributed by atoms with Crippen LogP contribution in [0.4, 0.5) is 0 Å². The van der Waals surface area contributed by atoms with Crippen molar-refractivity contribution in [1.82, 2.24) is 25.1 Å². The second-order valence-electron chi connectivity index (χ2n) is 6.73. The van der Waals surface area contributed by atoms with Crippen LogP contribution in [0.2, 0.25) is 5.02 Å². The number of aromatic amines is 1. The zero-order valence-electron chi connectivity index (χ0n) is 14.8. The monoisotopic (exact) mass is 381 g/mol. The number of nitrogens with one attached hydrogen (secondary N) is 1. The molecule has 1 saturated heterocycles. The Labute approximate surface area is 162 Å². The Kier molecular flexibility index (Phi) is 5.16. The van der Waals surface area contributed by atoms with Crippen LogP contribution in [0, 0.1) is 0 Å². The molecule has 0 unspecified atom stereocenters. The van der Waals surface area contributed by atoms with Crippen LogP contribution in [0.15, 0.2) is 48.8 Å². The van der Waals surface area contributed by atoms with Crippen LogP contribution >= 0.6 is 11.6 Å². The zero-order chi connectivity index (χ0) is 18.6. The van der Waals surface area contributed by atoms with Gasteiger partial charge in [0.2, 0.25) is 5.91 Å². The molecule has 4 rings (SSSR count). The molecule has 1 fully saturated rings. The maximum atomic E-state index is 12.7. The predicted molar refractivity (Wildman–Crippen MR) is 103 cm³/mol. The molecule has 138 valence electrons. The molecule has 1 amide bonds. The van der Waals surface area contributed by atoms with Crippen molar-refractivity contribution in [3.8, 4) is 11.4 Å². The van der Waals surface area contributed by atoms with Gasteiger partial charge in [-0.2, -0.15) is 5.10 Å². The number of aromatic nitrogens is 4. The molecule has 0 aliphatic carbocycles. The lowest BCUT2D eigenvalue weighted by Gasteiger charge is -2.31. The van der Waals surface area contributed by atoms with Crippen molar-refractivity contribution in [2.24, 2.45) is 0 Å². The van der Waals surface area contributed by atoms with E-state index in [1.165, 1.54) is 0 Å². The average molecular weight is 382 g/mol. The summed E-state index contributed by atoms with van der Waals surface area (Å²) < 4.78 is 0. The van der Waals surface area contributed by atoms with Gasteiger partial charge in [0.05, 0.1) is 6.42 Å². The van der Waals surface area contributed by atoms with Crippen LogP contribution in [0.3, 0.4) is 0 Å². The van der Waals surface area contributed by atoms with Gasteiger partial charge in [0.15, 0.2) is 5.82 Å². The summed E-state index contributed by atoms with van der Waals surface area (Å²) in [4.78, 5) is 23.4. The minimum absolute atomic E-state index is 0.0970. The van der Waals surface area contributed by atoms with E-state index in [9.17, 15) is 4.79 Å². The fourth-order valence-electron chi connectivity index (χ4n) is 3.42. The zero-order valence-corrected chi connectivity index (χ0v) is 15.6. The smallest absolute Gasteiger partial charge is 0.227 e. The van der Waals surface area contributed by atoms with Crippen molar-refractivity contribution in [2.45, 2.75) is 25.2 Å². The average Bonchev–Trinajstić information content (AvgIpc) is 3.21. The number of halogens is 1. The van der Waals surface area contributed by atoms with Crippen LogP contribution in [-0.4, -0.2) is 44.1 Å². The second kappa shape index (κ2) is 7.88. The molecule has 6 nitrogen and oxygen atoms in total. The van der Waals surface area contributed by atoms with E-state index in [-0.39, 0.29) is 11.8 Å². The van der Waals surface area contributed by atoms with Gasteiger partial charge in [-0.15, -0.1) is 0 Å². The van der Waals surface area contributed by atoms with Crippen molar-refractivity contribution in [1.29, 1.82) is 0 Å². The molecule has 1 aromatic carbocycles. The maximum absolute atomic E-state index is 12.7. The van der Waals surface area contributed by atoms with Crippen LogP contribution in [0.1, 0.15) is 30.1 Å². The lowest BCUT2D eigenvalue weighted by atomic mass is 9.96. The maximum Gasteiger partial charge on any atom is 0.227 e. The number of H-pyrrole nitrogens is 1. The van der Waals surface area contributed by atoms with Crippen molar-refractivity contribution in [3.63, 3.8) is 0 Å². The molecule has 3 aromatic rings. The Morgan fingerprint density at radius 3 is 2.96 bits per heavy atom. The number of carbonyl (C=O) groups excluding carboxylic acids is 1. The van der Waals surface area contributed by atoms with Gasteiger partial charge in [-0.1, -0.05) is 29.8 Å². The molecule has 0 saturated carbocycles. The summed E-state index contributed by atoms with van der Waals surface area (Å²) in [6.45, 7) is 1.41. The van der Waals surface area contributed by atoms with Crippen molar-refractivity contribution >= 4 is 17.5 Å². The van der Waals surface area contributed by atoms with E-state index < -0.39 is 0 Å². The summed E-state index contributed by atoms with van der Waals surface area (Å²) in [5.74, 6) is 1.72. The number of hydrogen-bond donors (Lipinski definition) is 1. The third-order valence-corrected chi connectivity index (χ3v) is 5.25. The Morgan fingerprint density at radius 1 is 1.26 bits per heavy atom. The Morgan fingerprint density at radius 2 is 2.15 bits per heavy atom. The lowest BCUT2D eigenvalue weighted by Crippen LogP contribution is -2.40. The third kappa shape index (κ3) is 4.01. The summed E-state index contributed by atoms with van der Waals surface area (Å²) in [5, 5.41) is 7.99. The first-order valence-electron chi connectivity index (χ1n) is 9.04. The van der Waals surface area contributed by atoms with Gasteiger partial charge in [0, 0.05) is 42.0 Å². The molecule has 1 aliphatic heterocycles. The molecule has 3 heterocycles. The quantitative estimate of drug-likeness (QED) is 0.750. The molecular formula is C20H20ClN5O. The van der Waals surface area contributed by atoms with E-state index in [1.807, 2.05) is 41.3 Å². The van der Waals surface area contributed by atoms with E-state index in [4.69, 9.17) is 11.6 Å². The topological polar surface area (TPSA) is 74.8 Å². The molecule has 7 heteroatoms. The first-order chi connectivity index (χ1) is 13.2. The first kappa shape index (κ1) is 17.7. The summed E-state index contributed by atoms with van der Waals surface area (Å²) in [6, 6.07) is 11.3.